The van der Waals surface area contributed by atoms with Crippen LogP contribution in [0, 0.1) is 5.82 Å². The maximum absolute atomic E-state index is 13.3. The van der Waals surface area contributed by atoms with Gasteiger partial charge in [0.05, 0.1) is 17.6 Å². The highest BCUT2D eigenvalue weighted by atomic mass is 32.2. The standard InChI is InChI=1S/C29H33FN4O2S/c1-3-26(27-19-32-34(28(27)4-2)25-16-14-23(30)15-17-25)29(35)31-18-21-10-12-22(13-11-21)20-37-36-33-24-8-6-5-7-9-24/h3-4,10-17,19,24,33H,2,5-9,18,20H2,1H3,(H,31,35)/b26-3+. The molecule has 1 aliphatic carbocycles. The summed E-state index contributed by atoms with van der Waals surface area (Å²) >= 11 is 1.41. The molecule has 2 aromatic carbocycles. The zero-order valence-electron chi connectivity index (χ0n) is 21.1. The number of rotatable bonds is 11. The van der Waals surface area contributed by atoms with Crippen LogP contribution in [0.2, 0.25) is 0 Å². The van der Waals surface area contributed by atoms with Crippen LogP contribution in [0.3, 0.4) is 0 Å². The normalized spacial score (nSPS) is 14.5. The van der Waals surface area contributed by atoms with E-state index in [2.05, 4.69) is 34.6 Å². The van der Waals surface area contributed by atoms with Gasteiger partial charge in [-0.3, -0.25) is 4.79 Å². The Kier molecular flexibility index (Phi) is 9.71. The third kappa shape index (κ3) is 7.19. The van der Waals surface area contributed by atoms with E-state index in [1.54, 1.807) is 35.2 Å². The number of amides is 1. The fraction of sp³-hybridized carbons (Fsp3) is 0.310. The van der Waals surface area contributed by atoms with Gasteiger partial charge in [0.25, 0.3) is 5.91 Å². The molecule has 0 bridgehead atoms. The molecule has 6 nitrogen and oxygen atoms in total. The molecular weight excluding hydrogens is 487 g/mol. The van der Waals surface area contributed by atoms with E-state index < -0.39 is 0 Å². The quantitative estimate of drug-likeness (QED) is 0.133. The lowest BCUT2D eigenvalue weighted by atomic mass is 9.96. The van der Waals surface area contributed by atoms with Crippen LogP contribution in [0.5, 0.6) is 0 Å². The van der Waals surface area contributed by atoms with Crippen molar-refractivity contribution >= 4 is 29.6 Å². The van der Waals surface area contributed by atoms with Crippen molar-refractivity contribution in [2.75, 3.05) is 0 Å². The van der Waals surface area contributed by atoms with Crippen LogP contribution in [0.25, 0.3) is 17.3 Å². The van der Waals surface area contributed by atoms with Crippen molar-refractivity contribution in [1.82, 2.24) is 20.6 Å². The summed E-state index contributed by atoms with van der Waals surface area (Å²) in [7, 11) is 0. The van der Waals surface area contributed by atoms with Gasteiger partial charge in [-0.1, -0.05) is 56.2 Å². The van der Waals surface area contributed by atoms with Crippen LogP contribution in [0.4, 0.5) is 4.39 Å². The van der Waals surface area contributed by atoms with Gasteiger partial charge in [0.1, 0.15) is 5.82 Å². The number of halogens is 1. The van der Waals surface area contributed by atoms with Gasteiger partial charge < -0.3 is 5.32 Å². The van der Waals surface area contributed by atoms with Crippen LogP contribution in [0.1, 0.15) is 61.4 Å². The zero-order valence-corrected chi connectivity index (χ0v) is 21.9. The van der Waals surface area contributed by atoms with Gasteiger partial charge in [0, 0.05) is 41.5 Å². The fourth-order valence-electron chi connectivity index (χ4n) is 4.41. The molecule has 3 aromatic rings. The topological polar surface area (TPSA) is 68.2 Å². The van der Waals surface area contributed by atoms with E-state index in [9.17, 15) is 9.18 Å². The van der Waals surface area contributed by atoms with Crippen molar-refractivity contribution in [3.63, 3.8) is 0 Å². The van der Waals surface area contributed by atoms with Gasteiger partial charge in [-0.25, -0.2) is 13.4 Å². The molecule has 1 heterocycles. The molecule has 0 spiro atoms. The molecule has 1 saturated carbocycles. The lowest BCUT2D eigenvalue weighted by Crippen LogP contribution is -2.29. The first-order valence-electron chi connectivity index (χ1n) is 12.6. The summed E-state index contributed by atoms with van der Waals surface area (Å²) in [5.74, 6) is 0.222. The van der Waals surface area contributed by atoms with E-state index in [0.29, 0.717) is 35.1 Å². The summed E-state index contributed by atoms with van der Waals surface area (Å²) in [6, 6.07) is 14.6. The Balaban J connectivity index is 1.30. The highest BCUT2D eigenvalue weighted by molar-refractivity contribution is 7.93. The number of carbonyl (C=O) groups is 1. The van der Waals surface area contributed by atoms with Crippen LogP contribution < -0.4 is 10.8 Å². The maximum Gasteiger partial charge on any atom is 0.251 e. The van der Waals surface area contributed by atoms with Crippen LogP contribution in [-0.2, 0) is 21.4 Å². The maximum atomic E-state index is 13.3. The molecule has 1 aliphatic rings. The predicted octanol–water partition coefficient (Wildman–Crippen LogP) is 6.38. The number of carbonyl (C=O) groups excluding carboxylic acids is 1. The lowest BCUT2D eigenvalue weighted by Gasteiger charge is -2.21. The summed E-state index contributed by atoms with van der Waals surface area (Å²) < 4.78 is 20.6. The molecule has 4 rings (SSSR count). The second-order valence-electron chi connectivity index (χ2n) is 9.04. The Morgan fingerprint density at radius 1 is 1.14 bits per heavy atom. The Hall–Kier alpha value is -3.20. The van der Waals surface area contributed by atoms with E-state index in [0.717, 1.165) is 16.9 Å². The van der Waals surface area contributed by atoms with Gasteiger partial charge in [-0.15, -0.1) is 0 Å². The Labute approximate surface area is 222 Å². The van der Waals surface area contributed by atoms with E-state index in [1.807, 2.05) is 19.1 Å². The molecule has 1 aromatic heterocycles. The van der Waals surface area contributed by atoms with Gasteiger partial charge in [0.15, 0.2) is 0 Å². The third-order valence-electron chi connectivity index (χ3n) is 6.47. The molecule has 8 heteroatoms. The average Bonchev–Trinajstić information content (AvgIpc) is 3.35. The fourth-order valence-corrected chi connectivity index (χ4v) is 5.00. The first kappa shape index (κ1) is 26.9. The smallest absolute Gasteiger partial charge is 0.251 e. The number of hydrogen-bond donors (Lipinski definition) is 2. The number of nitrogens with one attached hydrogen (secondary N) is 2. The molecule has 37 heavy (non-hydrogen) atoms. The molecule has 2 N–H and O–H groups in total. The second-order valence-corrected chi connectivity index (χ2v) is 9.73. The van der Waals surface area contributed by atoms with Crippen LogP contribution in [0.15, 0.2) is 67.4 Å². The summed E-state index contributed by atoms with van der Waals surface area (Å²) in [6.07, 6.45) is 11.3. The molecule has 0 atom stereocenters. The Bertz CT molecular complexity index is 1220. The Morgan fingerprint density at radius 3 is 2.51 bits per heavy atom. The van der Waals surface area contributed by atoms with Crippen molar-refractivity contribution in [2.45, 2.75) is 57.4 Å². The second kappa shape index (κ2) is 13.4. The molecule has 0 aliphatic heterocycles. The number of benzene rings is 2. The van der Waals surface area contributed by atoms with E-state index >= 15 is 0 Å². The molecule has 1 fully saturated rings. The number of nitrogens with zero attached hydrogens (tertiary/aromatic N) is 2. The van der Waals surface area contributed by atoms with Crippen molar-refractivity contribution in [3.05, 3.63) is 95.6 Å². The molecule has 0 radical (unpaired) electrons. The van der Waals surface area contributed by atoms with E-state index in [4.69, 9.17) is 4.28 Å². The number of hydrogen-bond acceptors (Lipinski definition) is 5. The van der Waals surface area contributed by atoms with Crippen molar-refractivity contribution in [1.29, 1.82) is 0 Å². The highest BCUT2D eigenvalue weighted by Gasteiger charge is 2.18. The minimum absolute atomic E-state index is 0.203. The molecular formula is C29H33FN4O2S. The van der Waals surface area contributed by atoms with Gasteiger partial charge in [0.2, 0.25) is 0 Å². The number of aromatic nitrogens is 2. The predicted molar refractivity (Wildman–Crippen MR) is 148 cm³/mol. The largest absolute Gasteiger partial charge is 0.348 e. The summed E-state index contributed by atoms with van der Waals surface area (Å²) in [6.45, 7) is 6.10. The van der Waals surface area contributed by atoms with Gasteiger partial charge in [-0.05, 0) is 61.2 Å². The summed E-state index contributed by atoms with van der Waals surface area (Å²) in [5, 5.41) is 7.40. The minimum Gasteiger partial charge on any atom is -0.348 e. The first-order chi connectivity index (χ1) is 18.1. The first-order valence-corrected chi connectivity index (χ1v) is 13.5. The molecule has 0 unspecified atom stereocenters. The van der Waals surface area contributed by atoms with Crippen molar-refractivity contribution in [3.8, 4) is 5.69 Å². The number of hydroxylamine groups is 1. The Morgan fingerprint density at radius 2 is 1.84 bits per heavy atom. The number of allylic oxidation sites excluding steroid dienone is 1. The van der Waals surface area contributed by atoms with Crippen LogP contribution in [-0.4, -0.2) is 21.7 Å². The van der Waals surface area contributed by atoms with E-state index in [-0.39, 0.29) is 11.7 Å². The molecule has 194 valence electrons. The monoisotopic (exact) mass is 520 g/mol. The summed E-state index contributed by atoms with van der Waals surface area (Å²) in [4.78, 5) is 13.1. The average molecular weight is 521 g/mol. The molecule has 0 saturated heterocycles. The minimum atomic E-state index is -0.323. The van der Waals surface area contributed by atoms with Crippen LogP contribution >= 0.6 is 12.0 Å². The van der Waals surface area contributed by atoms with Crippen molar-refractivity contribution in [2.24, 2.45) is 0 Å². The van der Waals surface area contributed by atoms with Gasteiger partial charge >= 0.3 is 0 Å². The molecule has 1 amide bonds. The summed E-state index contributed by atoms with van der Waals surface area (Å²) in [5.41, 5.74) is 7.84. The zero-order chi connectivity index (χ0) is 26.0. The highest BCUT2D eigenvalue weighted by Crippen LogP contribution is 2.24. The van der Waals surface area contributed by atoms with Gasteiger partial charge in [-0.2, -0.15) is 10.6 Å². The third-order valence-corrected chi connectivity index (χ3v) is 7.14. The SMILES string of the molecule is C=Cc1c(/C(=C\C)C(=O)NCc2ccc(CSONC3CCCCC3)cc2)cnn1-c1ccc(F)cc1. The lowest BCUT2D eigenvalue weighted by molar-refractivity contribution is -0.115. The van der Waals surface area contributed by atoms with E-state index in [1.165, 1.54) is 56.3 Å². The van der Waals surface area contributed by atoms with Crippen molar-refractivity contribution < 1.29 is 13.5 Å².